The fraction of sp³-hybridized carbons (Fsp3) is 0.231. The minimum Gasteiger partial charge on any atom is -0.457 e. The average molecular weight is 464 g/mol. The Morgan fingerprint density at radius 3 is 2.33 bits per heavy atom. The van der Waals surface area contributed by atoms with Crippen LogP contribution in [0, 0.1) is 0 Å². The van der Waals surface area contributed by atoms with E-state index in [0.717, 1.165) is 22.3 Å². The number of anilines is 1. The summed E-state index contributed by atoms with van der Waals surface area (Å²) in [6.45, 7) is 1.63. The Morgan fingerprint density at radius 1 is 0.939 bits per heavy atom. The number of fused-ring (bicyclic) bond motifs is 1. The van der Waals surface area contributed by atoms with Crippen LogP contribution >= 0.6 is 0 Å². The van der Waals surface area contributed by atoms with E-state index in [1.54, 1.807) is 25.1 Å². The normalized spacial score (nSPS) is 12.9. The van der Waals surface area contributed by atoms with Gasteiger partial charge in [-0.15, -0.1) is 0 Å². The van der Waals surface area contributed by atoms with Crippen LogP contribution in [0.15, 0.2) is 72.8 Å². The first-order valence-corrected chi connectivity index (χ1v) is 12.4. The molecule has 1 aliphatic heterocycles. The number of hydrogen-bond donors (Lipinski definition) is 0. The number of ether oxygens (including phenoxy) is 1. The molecule has 0 atom stereocenters. The number of ketones is 1. The number of Topliss-reactive ketones (excluding diaryl/α,β-unsaturated/α-hetero) is 1. The lowest BCUT2D eigenvalue weighted by Crippen LogP contribution is -2.30. The lowest BCUT2D eigenvalue weighted by molar-refractivity contribution is -0.141. The van der Waals surface area contributed by atoms with Crippen molar-refractivity contribution in [3.8, 4) is 11.1 Å². The van der Waals surface area contributed by atoms with Crippen LogP contribution in [0.25, 0.3) is 11.1 Å². The molecule has 33 heavy (non-hydrogen) atoms. The molecule has 170 valence electrons. The Kier molecular flexibility index (Phi) is 6.60. The van der Waals surface area contributed by atoms with Crippen molar-refractivity contribution in [2.75, 3.05) is 23.2 Å². The van der Waals surface area contributed by atoms with Crippen molar-refractivity contribution in [3.05, 3.63) is 89.5 Å². The van der Waals surface area contributed by atoms with E-state index in [2.05, 4.69) is 0 Å². The Balaban J connectivity index is 1.33. The SMILES string of the molecule is CCS(=O)(=O)N1CCc2cc(C(=O)COC(=O)Cc3ccc(-c4ccccc4)cc3)ccc21. The maximum Gasteiger partial charge on any atom is 0.310 e. The Bertz CT molecular complexity index is 1270. The van der Waals surface area contributed by atoms with E-state index < -0.39 is 16.0 Å². The molecular formula is C26H25NO5S. The zero-order valence-electron chi connectivity index (χ0n) is 18.4. The third-order valence-corrected chi connectivity index (χ3v) is 7.51. The van der Waals surface area contributed by atoms with Gasteiger partial charge in [-0.25, -0.2) is 8.42 Å². The summed E-state index contributed by atoms with van der Waals surface area (Å²) in [5, 5.41) is 0. The third-order valence-electron chi connectivity index (χ3n) is 5.73. The lowest BCUT2D eigenvalue weighted by Gasteiger charge is -2.18. The van der Waals surface area contributed by atoms with Crippen molar-refractivity contribution in [2.45, 2.75) is 19.8 Å². The molecule has 0 fully saturated rings. The highest BCUT2D eigenvalue weighted by molar-refractivity contribution is 7.92. The van der Waals surface area contributed by atoms with Gasteiger partial charge in [-0.1, -0.05) is 54.6 Å². The lowest BCUT2D eigenvalue weighted by atomic mass is 10.0. The molecule has 0 amide bonds. The van der Waals surface area contributed by atoms with Crippen molar-refractivity contribution in [1.82, 2.24) is 0 Å². The Hall–Kier alpha value is -3.45. The number of rotatable bonds is 8. The number of esters is 1. The third kappa shape index (κ3) is 5.14. The summed E-state index contributed by atoms with van der Waals surface area (Å²) >= 11 is 0. The van der Waals surface area contributed by atoms with Crippen LogP contribution in [0.1, 0.15) is 28.4 Å². The van der Waals surface area contributed by atoms with E-state index in [0.29, 0.717) is 24.2 Å². The van der Waals surface area contributed by atoms with Crippen molar-refractivity contribution < 1.29 is 22.7 Å². The fourth-order valence-electron chi connectivity index (χ4n) is 3.88. The standard InChI is InChI=1S/C26H25NO5S/c1-2-33(30,31)27-15-14-22-17-23(12-13-24(22)27)25(28)18-32-26(29)16-19-8-10-21(11-9-19)20-6-4-3-5-7-20/h3-13,17H,2,14-16,18H2,1H3. The average Bonchev–Trinajstić information content (AvgIpc) is 3.28. The van der Waals surface area contributed by atoms with Gasteiger partial charge in [-0.3, -0.25) is 13.9 Å². The molecule has 0 spiro atoms. The molecule has 0 saturated carbocycles. The highest BCUT2D eigenvalue weighted by atomic mass is 32.2. The van der Waals surface area contributed by atoms with Gasteiger partial charge in [0.1, 0.15) is 0 Å². The molecule has 3 aromatic carbocycles. The van der Waals surface area contributed by atoms with Gasteiger partial charge in [-0.05, 0) is 53.8 Å². The summed E-state index contributed by atoms with van der Waals surface area (Å²) in [6, 6.07) is 22.5. The van der Waals surface area contributed by atoms with E-state index >= 15 is 0 Å². The van der Waals surface area contributed by atoms with Crippen LogP contribution in [0.4, 0.5) is 5.69 Å². The fourth-order valence-corrected chi connectivity index (χ4v) is 5.04. The monoisotopic (exact) mass is 463 g/mol. The first kappa shape index (κ1) is 22.7. The second kappa shape index (κ2) is 9.58. The van der Waals surface area contributed by atoms with Crippen molar-refractivity contribution in [3.63, 3.8) is 0 Å². The van der Waals surface area contributed by atoms with E-state index in [4.69, 9.17) is 4.74 Å². The molecule has 7 heteroatoms. The maximum absolute atomic E-state index is 12.5. The van der Waals surface area contributed by atoms with E-state index in [9.17, 15) is 18.0 Å². The molecule has 6 nitrogen and oxygen atoms in total. The van der Waals surface area contributed by atoms with Crippen LogP contribution < -0.4 is 4.31 Å². The summed E-state index contributed by atoms with van der Waals surface area (Å²) in [5.74, 6) is -0.766. The summed E-state index contributed by atoms with van der Waals surface area (Å²) in [5.41, 5.74) is 4.80. The van der Waals surface area contributed by atoms with Gasteiger partial charge in [0.15, 0.2) is 12.4 Å². The molecule has 0 N–H and O–H groups in total. The zero-order valence-corrected chi connectivity index (χ0v) is 19.2. The summed E-state index contributed by atoms with van der Waals surface area (Å²) < 4.78 is 31.0. The van der Waals surface area contributed by atoms with Crippen LogP contribution in [-0.2, 0) is 32.4 Å². The molecule has 1 heterocycles. The van der Waals surface area contributed by atoms with Crippen molar-refractivity contribution in [1.29, 1.82) is 0 Å². The summed E-state index contributed by atoms with van der Waals surface area (Å²) in [7, 11) is -3.34. The molecule has 0 radical (unpaired) electrons. The molecule has 1 aliphatic rings. The highest BCUT2D eigenvalue weighted by Crippen LogP contribution is 2.31. The van der Waals surface area contributed by atoms with Crippen LogP contribution in [-0.4, -0.2) is 39.1 Å². The highest BCUT2D eigenvalue weighted by Gasteiger charge is 2.28. The number of carbonyl (C=O) groups is 2. The molecule has 0 saturated heterocycles. The van der Waals surface area contributed by atoms with Crippen LogP contribution in [0.5, 0.6) is 0 Å². The van der Waals surface area contributed by atoms with Gasteiger partial charge in [0, 0.05) is 12.1 Å². The number of benzene rings is 3. The second-order valence-electron chi connectivity index (χ2n) is 7.89. The quantitative estimate of drug-likeness (QED) is 0.372. The molecule has 0 unspecified atom stereocenters. The number of sulfonamides is 1. The smallest absolute Gasteiger partial charge is 0.310 e. The van der Waals surface area contributed by atoms with Crippen LogP contribution in [0.2, 0.25) is 0 Å². The van der Waals surface area contributed by atoms with E-state index in [-0.39, 0.29) is 24.6 Å². The Labute approximate surface area is 193 Å². The van der Waals surface area contributed by atoms with E-state index in [1.807, 2.05) is 54.6 Å². The van der Waals surface area contributed by atoms with Crippen LogP contribution in [0.3, 0.4) is 0 Å². The van der Waals surface area contributed by atoms with Gasteiger partial charge in [0.25, 0.3) is 0 Å². The first-order valence-electron chi connectivity index (χ1n) is 10.8. The van der Waals surface area contributed by atoms with Gasteiger partial charge in [-0.2, -0.15) is 0 Å². The largest absolute Gasteiger partial charge is 0.457 e. The van der Waals surface area contributed by atoms with Crippen molar-refractivity contribution >= 4 is 27.5 Å². The molecule has 0 bridgehead atoms. The maximum atomic E-state index is 12.5. The zero-order chi connectivity index (χ0) is 23.4. The predicted molar refractivity (Wildman–Crippen MR) is 128 cm³/mol. The summed E-state index contributed by atoms with van der Waals surface area (Å²) in [6.07, 6.45) is 0.630. The number of hydrogen-bond acceptors (Lipinski definition) is 5. The van der Waals surface area contributed by atoms with Gasteiger partial charge in [0.2, 0.25) is 10.0 Å². The van der Waals surface area contributed by atoms with Crippen molar-refractivity contribution in [2.24, 2.45) is 0 Å². The van der Waals surface area contributed by atoms with E-state index in [1.165, 1.54) is 4.31 Å². The molecular weight excluding hydrogens is 438 g/mol. The minimum atomic E-state index is -3.34. The second-order valence-corrected chi connectivity index (χ2v) is 10.1. The van der Waals surface area contributed by atoms with Gasteiger partial charge in [0.05, 0.1) is 17.9 Å². The summed E-state index contributed by atoms with van der Waals surface area (Å²) in [4.78, 5) is 24.8. The first-order chi connectivity index (χ1) is 15.9. The minimum absolute atomic E-state index is 0.0258. The molecule has 3 aromatic rings. The topological polar surface area (TPSA) is 80.8 Å². The molecule has 0 aliphatic carbocycles. The Morgan fingerprint density at radius 2 is 1.64 bits per heavy atom. The number of nitrogens with zero attached hydrogens (tertiary/aromatic N) is 1. The van der Waals surface area contributed by atoms with Gasteiger partial charge < -0.3 is 4.74 Å². The number of carbonyl (C=O) groups excluding carboxylic acids is 2. The predicted octanol–water partition coefficient (Wildman–Crippen LogP) is 4.03. The molecule has 0 aromatic heterocycles. The van der Waals surface area contributed by atoms with Gasteiger partial charge >= 0.3 is 5.97 Å². The molecule has 4 rings (SSSR count).